The van der Waals surface area contributed by atoms with Crippen molar-refractivity contribution < 1.29 is 9.53 Å². The van der Waals surface area contributed by atoms with E-state index < -0.39 is 5.91 Å². The number of hydrogen-bond donors (Lipinski definition) is 2. The Morgan fingerprint density at radius 3 is 2.77 bits per heavy atom. The number of carbonyl (C=O) groups excluding carboxylic acids is 1. The van der Waals surface area contributed by atoms with Gasteiger partial charge in [0.25, 0.3) is 5.91 Å². The molecule has 2 N–H and O–H groups in total. The molecule has 1 amide bonds. The molecule has 2 heterocycles. The lowest BCUT2D eigenvalue weighted by Crippen LogP contribution is -2.14. The largest absolute Gasteiger partial charge is 0.496 e. The van der Waals surface area contributed by atoms with Crippen LogP contribution in [-0.2, 0) is 6.42 Å². The number of rotatable bonds is 6. The number of anilines is 1. The Balaban J connectivity index is 1.51. The Labute approximate surface area is 178 Å². The van der Waals surface area contributed by atoms with E-state index in [1.165, 1.54) is 0 Å². The summed E-state index contributed by atoms with van der Waals surface area (Å²) >= 11 is 6.13. The Hall–Kier alpha value is -3.71. The molecule has 0 atom stereocenters. The molecule has 0 fully saturated rings. The second-order valence-corrected chi connectivity index (χ2v) is 6.93. The first-order valence-corrected chi connectivity index (χ1v) is 9.56. The molecule has 2 aromatic heterocycles. The van der Waals surface area contributed by atoms with Crippen molar-refractivity contribution in [3.63, 3.8) is 0 Å². The number of aromatic nitrogens is 4. The summed E-state index contributed by atoms with van der Waals surface area (Å²) in [6, 6.07) is 18.7. The number of amides is 1. The molecule has 0 aliphatic carbocycles. The summed E-state index contributed by atoms with van der Waals surface area (Å²) in [6.45, 7) is 0. The molecule has 0 radical (unpaired) electrons. The van der Waals surface area contributed by atoms with Gasteiger partial charge in [-0.1, -0.05) is 41.9 Å². The molecule has 7 nitrogen and oxygen atoms in total. The highest BCUT2D eigenvalue weighted by molar-refractivity contribution is 6.31. The lowest BCUT2D eigenvalue weighted by Gasteiger charge is -2.10. The van der Waals surface area contributed by atoms with E-state index in [2.05, 4.69) is 25.5 Å². The van der Waals surface area contributed by atoms with Crippen molar-refractivity contribution in [3.05, 3.63) is 89.1 Å². The van der Waals surface area contributed by atoms with Gasteiger partial charge >= 0.3 is 0 Å². The summed E-state index contributed by atoms with van der Waals surface area (Å²) in [6.07, 6.45) is 2.16. The Kier molecular flexibility index (Phi) is 5.72. The zero-order valence-corrected chi connectivity index (χ0v) is 16.8. The quantitative estimate of drug-likeness (QED) is 0.484. The fraction of sp³-hybridized carbons (Fsp3) is 0.0909. The molecule has 8 heteroatoms. The van der Waals surface area contributed by atoms with Crippen LogP contribution in [0.3, 0.4) is 0 Å². The fourth-order valence-electron chi connectivity index (χ4n) is 3.01. The van der Waals surface area contributed by atoms with E-state index in [4.69, 9.17) is 16.3 Å². The van der Waals surface area contributed by atoms with Gasteiger partial charge in [0.1, 0.15) is 17.4 Å². The van der Waals surface area contributed by atoms with E-state index in [0.717, 1.165) is 16.7 Å². The van der Waals surface area contributed by atoms with Gasteiger partial charge < -0.3 is 10.1 Å². The number of nitrogens with one attached hydrogen (secondary N) is 2. The molecule has 4 aromatic rings. The minimum atomic E-state index is -0.451. The molecular formula is C22H18ClN5O2. The minimum Gasteiger partial charge on any atom is -0.496 e. The number of ether oxygens (including phenoxy) is 1. The highest BCUT2D eigenvalue weighted by Crippen LogP contribution is 2.33. The molecule has 0 saturated heterocycles. The highest BCUT2D eigenvalue weighted by Gasteiger charge is 2.15. The monoisotopic (exact) mass is 419 g/mol. The number of nitrogens with zero attached hydrogens (tertiary/aromatic N) is 3. The van der Waals surface area contributed by atoms with Gasteiger partial charge in [-0.05, 0) is 41.5 Å². The highest BCUT2D eigenvalue weighted by atomic mass is 35.5. The summed E-state index contributed by atoms with van der Waals surface area (Å²) in [5, 5.41) is 10.1. The summed E-state index contributed by atoms with van der Waals surface area (Å²) < 4.78 is 5.41. The van der Waals surface area contributed by atoms with Crippen molar-refractivity contribution in [2.75, 3.05) is 12.4 Å². The minimum absolute atomic E-state index is 0.0495. The third-order valence-corrected chi connectivity index (χ3v) is 4.66. The van der Waals surface area contributed by atoms with E-state index in [-0.39, 0.29) is 5.82 Å². The van der Waals surface area contributed by atoms with Gasteiger partial charge in [-0.3, -0.25) is 9.89 Å². The van der Waals surface area contributed by atoms with Crippen molar-refractivity contribution in [1.82, 2.24) is 20.2 Å². The smallest absolute Gasteiger partial charge is 0.296 e. The topological polar surface area (TPSA) is 92.8 Å². The van der Waals surface area contributed by atoms with Crippen molar-refractivity contribution in [2.24, 2.45) is 0 Å². The van der Waals surface area contributed by atoms with Gasteiger partial charge in [-0.15, -0.1) is 5.10 Å². The first-order chi connectivity index (χ1) is 14.6. The Morgan fingerprint density at radius 2 is 1.97 bits per heavy atom. The number of aromatic amines is 1. The van der Waals surface area contributed by atoms with Crippen LogP contribution in [0.4, 0.5) is 5.82 Å². The number of hydrogen-bond acceptors (Lipinski definition) is 5. The van der Waals surface area contributed by atoms with E-state index in [1.54, 1.807) is 37.6 Å². The molecule has 0 bridgehead atoms. The number of methoxy groups -OCH3 is 1. The summed E-state index contributed by atoms with van der Waals surface area (Å²) in [5.74, 6) is 1.25. The van der Waals surface area contributed by atoms with Crippen LogP contribution in [0.1, 0.15) is 22.0 Å². The summed E-state index contributed by atoms with van der Waals surface area (Å²) in [5.41, 5.74) is 2.68. The maximum absolute atomic E-state index is 12.6. The number of benzene rings is 2. The maximum Gasteiger partial charge on any atom is 0.296 e. The lowest BCUT2D eigenvalue weighted by molar-refractivity contribution is 0.101. The van der Waals surface area contributed by atoms with E-state index in [0.29, 0.717) is 28.8 Å². The molecule has 0 aliphatic rings. The normalized spacial score (nSPS) is 10.6. The standard InChI is InChI=1S/C22H18ClN5O2/c1-30-18-8-7-16(23)13-17(18)15-9-10-24-19(12-15)26-22(29)21-25-20(27-28-21)11-14-5-3-2-4-6-14/h2-10,12-13H,11H2,1H3,(H,24,26,29)(H,25,27,28). The van der Waals surface area contributed by atoms with Gasteiger partial charge in [0, 0.05) is 23.2 Å². The summed E-state index contributed by atoms with van der Waals surface area (Å²) in [7, 11) is 1.59. The second kappa shape index (κ2) is 8.75. The average molecular weight is 420 g/mol. The first-order valence-electron chi connectivity index (χ1n) is 9.19. The number of halogens is 1. The number of carbonyl (C=O) groups is 1. The molecular weight excluding hydrogens is 402 g/mol. The zero-order chi connectivity index (χ0) is 20.9. The van der Waals surface area contributed by atoms with Crippen molar-refractivity contribution in [3.8, 4) is 16.9 Å². The number of pyridine rings is 1. The molecule has 0 spiro atoms. The van der Waals surface area contributed by atoms with Crippen LogP contribution in [0, 0.1) is 0 Å². The zero-order valence-electron chi connectivity index (χ0n) is 16.1. The van der Waals surface area contributed by atoms with E-state index >= 15 is 0 Å². The Morgan fingerprint density at radius 1 is 1.13 bits per heavy atom. The Bertz CT molecular complexity index is 1180. The molecule has 150 valence electrons. The van der Waals surface area contributed by atoms with E-state index in [1.807, 2.05) is 36.4 Å². The summed E-state index contributed by atoms with van der Waals surface area (Å²) in [4.78, 5) is 21.1. The maximum atomic E-state index is 12.6. The van der Waals surface area contributed by atoms with Crippen LogP contribution in [0.2, 0.25) is 5.02 Å². The van der Waals surface area contributed by atoms with Gasteiger partial charge in [-0.25, -0.2) is 9.97 Å². The molecule has 0 unspecified atom stereocenters. The molecule has 30 heavy (non-hydrogen) atoms. The predicted octanol–water partition coefficient (Wildman–Crippen LogP) is 4.37. The molecule has 2 aromatic carbocycles. The van der Waals surface area contributed by atoms with Crippen LogP contribution in [0.25, 0.3) is 11.1 Å². The first kappa shape index (κ1) is 19.6. The van der Waals surface area contributed by atoms with Crippen molar-refractivity contribution in [2.45, 2.75) is 6.42 Å². The van der Waals surface area contributed by atoms with Gasteiger partial charge in [-0.2, -0.15) is 0 Å². The molecule has 0 saturated carbocycles. The van der Waals surface area contributed by atoms with Crippen molar-refractivity contribution in [1.29, 1.82) is 0 Å². The predicted molar refractivity (Wildman–Crippen MR) is 115 cm³/mol. The lowest BCUT2D eigenvalue weighted by atomic mass is 10.1. The SMILES string of the molecule is COc1ccc(Cl)cc1-c1ccnc(NC(=O)c2n[nH]c(Cc3ccccc3)n2)c1. The van der Waals surface area contributed by atoms with Gasteiger partial charge in [0.05, 0.1) is 7.11 Å². The van der Waals surface area contributed by atoms with Gasteiger partial charge in [0.15, 0.2) is 0 Å². The van der Waals surface area contributed by atoms with Crippen molar-refractivity contribution >= 4 is 23.3 Å². The molecule has 4 rings (SSSR count). The van der Waals surface area contributed by atoms with Crippen LogP contribution in [0.15, 0.2) is 66.9 Å². The van der Waals surface area contributed by atoms with Crippen LogP contribution >= 0.6 is 11.6 Å². The molecule has 0 aliphatic heterocycles. The second-order valence-electron chi connectivity index (χ2n) is 6.50. The number of H-pyrrole nitrogens is 1. The van der Waals surface area contributed by atoms with Crippen LogP contribution < -0.4 is 10.1 Å². The third-order valence-electron chi connectivity index (χ3n) is 4.42. The van der Waals surface area contributed by atoms with E-state index in [9.17, 15) is 4.79 Å². The average Bonchev–Trinajstić information content (AvgIpc) is 3.23. The third kappa shape index (κ3) is 4.47. The van der Waals surface area contributed by atoms with Crippen LogP contribution in [-0.4, -0.2) is 33.2 Å². The fourth-order valence-corrected chi connectivity index (χ4v) is 3.18. The van der Waals surface area contributed by atoms with Crippen LogP contribution in [0.5, 0.6) is 5.75 Å². The van der Waals surface area contributed by atoms with Gasteiger partial charge in [0.2, 0.25) is 5.82 Å².